The van der Waals surface area contributed by atoms with Crippen LogP contribution in [0.3, 0.4) is 0 Å². The number of rotatable bonds is 4. The summed E-state index contributed by atoms with van der Waals surface area (Å²) in [5, 5.41) is 0.572. The van der Waals surface area contributed by atoms with E-state index in [9.17, 15) is 0 Å². The van der Waals surface area contributed by atoms with Crippen LogP contribution in [0.5, 0.6) is 5.75 Å². The fraction of sp³-hybridized carbons (Fsp3) is 0.167. The highest BCUT2D eigenvalue weighted by atomic mass is 35.5. The minimum atomic E-state index is -0.349. The highest BCUT2D eigenvalue weighted by Crippen LogP contribution is 2.26. The molecule has 0 aliphatic carbocycles. The second-order valence-corrected chi connectivity index (χ2v) is 4.03. The number of nitrogens with one attached hydrogen (secondary N) is 1. The van der Waals surface area contributed by atoms with Crippen LogP contribution in [-0.4, -0.2) is 17.1 Å². The van der Waals surface area contributed by atoms with Gasteiger partial charge in [0.15, 0.2) is 0 Å². The van der Waals surface area contributed by atoms with Crippen molar-refractivity contribution >= 4 is 11.6 Å². The van der Waals surface area contributed by atoms with E-state index in [1.54, 1.807) is 37.7 Å². The van der Waals surface area contributed by atoms with Crippen LogP contribution in [0.4, 0.5) is 0 Å². The fourth-order valence-electron chi connectivity index (χ4n) is 1.65. The van der Waals surface area contributed by atoms with Crippen molar-refractivity contribution in [2.75, 3.05) is 7.11 Å². The van der Waals surface area contributed by atoms with Crippen LogP contribution in [0, 0.1) is 0 Å². The summed E-state index contributed by atoms with van der Waals surface area (Å²) in [7, 11) is 1.59. The molecule has 0 aliphatic heterocycles. The van der Waals surface area contributed by atoms with Gasteiger partial charge in [-0.1, -0.05) is 11.6 Å². The first kappa shape index (κ1) is 12.8. The monoisotopic (exact) mass is 264 g/mol. The molecule has 0 radical (unpaired) electrons. The molecule has 0 spiro atoms. The molecule has 2 rings (SSSR count). The predicted molar refractivity (Wildman–Crippen MR) is 69.2 cm³/mol. The van der Waals surface area contributed by atoms with Crippen molar-refractivity contribution < 1.29 is 4.74 Å². The Morgan fingerprint density at radius 2 is 2.17 bits per heavy atom. The maximum Gasteiger partial charge on any atom is 0.142 e. The highest BCUT2D eigenvalue weighted by molar-refractivity contribution is 6.30. The lowest BCUT2D eigenvalue weighted by Gasteiger charge is -2.17. The lowest BCUT2D eigenvalue weighted by Crippen LogP contribution is -2.30. The molecular weight excluding hydrogens is 252 g/mol. The molecule has 2 heterocycles. The largest absolute Gasteiger partial charge is 0.495 e. The molecule has 0 amide bonds. The molecule has 0 saturated carbocycles. The SMILES string of the molecule is COc1cccnc1C(NN)c1ccc(Cl)cn1. The molecule has 1 atom stereocenters. The van der Waals surface area contributed by atoms with E-state index in [0.29, 0.717) is 16.5 Å². The van der Waals surface area contributed by atoms with Crippen molar-refractivity contribution in [3.8, 4) is 5.75 Å². The van der Waals surface area contributed by atoms with Crippen molar-refractivity contribution in [1.29, 1.82) is 0 Å². The Kier molecular flexibility index (Phi) is 4.09. The Labute approximate surface area is 110 Å². The Morgan fingerprint density at radius 3 is 2.78 bits per heavy atom. The Balaban J connectivity index is 2.41. The Bertz CT molecular complexity index is 518. The van der Waals surface area contributed by atoms with E-state index < -0.39 is 0 Å². The minimum Gasteiger partial charge on any atom is -0.495 e. The van der Waals surface area contributed by atoms with Crippen LogP contribution in [0.15, 0.2) is 36.7 Å². The Morgan fingerprint density at radius 1 is 1.33 bits per heavy atom. The maximum atomic E-state index is 5.81. The molecule has 0 bridgehead atoms. The van der Waals surface area contributed by atoms with Crippen LogP contribution in [0.25, 0.3) is 0 Å². The van der Waals surface area contributed by atoms with Gasteiger partial charge in [0.05, 0.1) is 17.8 Å². The Hall–Kier alpha value is -1.69. The van der Waals surface area contributed by atoms with Crippen LogP contribution in [-0.2, 0) is 0 Å². The van der Waals surface area contributed by atoms with E-state index in [2.05, 4.69) is 15.4 Å². The maximum absolute atomic E-state index is 5.81. The molecule has 0 saturated heterocycles. The number of halogens is 1. The molecule has 5 nitrogen and oxygen atoms in total. The fourth-order valence-corrected chi connectivity index (χ4v) is 1.77. The van der Waals surface area contributed by atoms with E-state index >= 15 is 0 Å². The van der Waals surface area contributed by atoms with Crippen molar-refractivity contribution in [1.82, 2.24) is 15.4 Å². The molecule has 0 aliphatic rings. The number of methoxy groups -OCH3 is 1. The number of aromatic nitrogens is 2. The van der Waals surface area contributed by atoms with E-state index in [1.165, 1.54) is 0 Å². The average molecular weight is 265 g/mol. The number of pyridine rings is 2. The van der Waals surface area contributed by atoms with Gasteiger partial charge in [-0.2, -0.15) is 0 Å². The summed E-state index contributed by atoms with van der Waals surface area (Å²) in [6.07, 6.45) is 3.24. The first-order valence-electron chi connectivity index (χ1n) is 5.32. The lowest BCUT2D eigenvalue weighted by molar-refractivity contribution is 0.399. The summed E-state index contributed by atoms with van der Waals surface area (Å²) in [5.41, 5.74) is 4.08. The normalized spacial score (nSPS) is 12.2. The average Bonchev–Trinajstić information content (AvgIpc) is 2.42. The molecule has 18 heavy (non-hydrogen) atoms. The smallest absolute Gasteiger partial charge is 0.142 e. The summed E-state index contributed by atoms with van der Waals surface area (Å²) < 4.78 is 5.26. The van der Waals surface area contributed by atoms with E-state index in [-0.39, 0.29) is 6.04 Å². The van der Waals surface area contributed by atoms with Crippen LogP contribution in [0.1, 0.15) is 17.4 Å². The van der Waals surface area contributed by atoms with E-state index in [0.717, 1.165) is 5.69 Å². The summed E-state index contributed by atoms with van der Waals surface area (Å²) in [4.78, 5) is 8.51. The van der Waals surface area contributed by atoms with Gasteiger partial charge in [0, 0.05) is 12.4 Å². The van der Waals surface area contributed by atoms with Gasteiger partial charge in [-0.15, -0.1) is 0 Å². The number of hydrazine groups is 1. The minimum absolute atomic E-state index is 0.349. The number of nitrogens with zero attached hydrogens (tertiary/aromatic N) is 2. The van der Waals surface area contributed by atoms with Gasteiger partial charge in [0.25, 0.3) is 0 Å². The second-order valence-electron chi connectivity index (χ2n) is 3.59. The summed E-state index contributed by atoms with van der Waals surface area (Å²) in [6, 6.07) is 6.82. The van der Waals surface area contributed by atoms with Gasteiger partial charge >= 0.3 is 0 Å². The zero-order chi connectivity index (χ0) is 13.0. The zero-order valence-electron chi connectivity index (χ0n) is 9.80. The van der Waals surface area contributed by atoms with Crippen molar-refractivity contribution in [2.45, 2.75) is 6.04 Å². The number of ether oxygens (including phenoxy) is 1. The van der Waals surface area contributed by atoms with Gasteiger partial charge in [0.2, 0.25) is 0 Å². The highest BCUT2D eigenvalue weighted by Gasteiger charge is 2.19. The third-order valence-electron chi connectivity index (χ3n) is 2.51. The molecule has 6 heteroatoms. The van der Waals surface area contributed by atoms with Crippen molar-refractivity contribution in [2.24, 2.45) is 5.84 Å². The molecule has 2 aromatic heterocycles. The quantitative estimate of drug-likeness (QED) is 0.649. The van der Waals surface area contributed by atoms with Crippen molar-refractivity contribution in [3.05, 3.63) is 53.1 Å². The van der Waals surface area contributed by atoms with Crippen molar-refractivity contribution in [3.63, 3.8) is 0 Å². The standard InChI is InChI=1S/C12H13ClN4O/c1-18-10-3-2-6-15-12(10)11(17-14)9-5-4-8(13)7-16-9/h2-7,11,17H,14H2,1H3. The molecular formula is C12H13ClN4O. The molecule has 0 aromatic carbocycles. The second kappa shape index (κ2) is 5.77. The molecule has 2 aromatic rings. The lowest BCUT2D eigenvalue weighted by atomic mass is 10.1. The van der Waals surface area contributed by atoms with Gasteiger partial charge in [-0.3, -0.25) is 15.8 Å². The molecule has 94 valence electrons. The summed E-state index contributed by atoms with van der Waals surface area (Å²) in [5.74, 6) is 6.23. The number of hydrogen-bond donors (Lipinski definition) is 2. The van der Waals surface area contributed by atoms with Crippen LogP contribution in [0.2, 0.25) is 5.02 Å². The van der Waals surface area contributed by atoms with Gasteiger partial charge < -0.3 is 4.74 Å². The van der Waals surface area contributed by atoms with Gasteiger partial charge in [-0.25, -0.2) is 5.43 Å². The van der Waals surface area contributed by atoms with E-state index in [1.807, 2.05) is 6.07 Å². The first-order valence-corrected chi connectivity index (χ1v) is 5.70. The first-order chi connectivity index (χ1) is 8.76. The van der Waals surface area contributed by atoms with E-state index in [4.69, 9.17) is 22.2 Å². The summed E-state index contributed by atoms with van der Waals surface area (Å²) >= 11 is 5.81. The van der Waals surface area contributed by atoms with Crippen LogP contribution >= 0.6 is 11.6 Å². The molecule has 3 N–H and O–H groups in total. The summed E-state index contributed by atoms with van der Waals surface area (Å²) in [6.45, 7) is 0. The number of nitrogens with two attached hydrogens (primary N) is 1. The topological polar surface area (TPSA) is 73.1 Å². The predicted octanol–water partition coefficient (Wildman–Crippen LogP) is 1.69. The van der Waals surface area contributed by atoms with Gasteiger partial charge in [-0.05, 0) is 24.3 Å². The van der Waals surface area contributed by atoms with Crippen LogP contribution < -0.4 is 16.0 Å². The van der Waals surface area contributed by atoms with Gasteiger partial charge in [0.1, 0.15) is 17.5 Å². The molecule has 0 fully saturated rings. The third kappa shape index (κ3) is 2.59. The molecule has 1 unspecified atom stereocenters. The third-order valence-corrected chi connectivity index (χ3v) is 2.73. The zero-order valence-corrected chi connectivity index (χ0v) is 10.6. The number of hydrogen-bond acceptors (Lipinski definition) is 5.